The van der Waals surface area contributed by atoms with E-state index >= 15 is 0 Å². The lowest BCUT2D eigenvalue weighted by atomic mass is 9.94. The fourth-order valence-corrected chi connectivity index (χ4v) is 5.93. The van der Waals surface area contributed by atoms with Crippen LogP contribution in [-0.4, -0.2) is 51.4 Å². The van der Waals surface area contributed by atoms with E-state index in [0.717, 1.165) is 28.8 Å². The molecule has 0 bridgehead atoms. The third-order valence-electron chi connectivity index (χ3n) is 6.26. The zero-order valence-electron chi connectivity index (χ0n) is 19.1. The number of sulfone groups is 1. The van der Waals surface area contributed by atoms with E-state index in [1.165, 1.54) is 17.6 Å². The minimum Gasteiger partial charge on any atom is -0.454 e. The number of amides is 1. The summed E-state index contributed by atoms with van der Waals surface area (Å²) in [7, 11) is 0.641. The van der Waals surface area contributed by atoms with Crippen molar-refractivity contribution >= 4 is 32.2 Å². The number of carbonyl (C=O) groups excluding carboxylic acids is 1. The molecule has 10 heteroatoms. The molecule has 1 aliphatic heterocycles. The van der Waals surface area contributed by atoms with Gasteiger partial charge in [0, 0.05) is 17.3 Å². The average Bonchev–Trinajstić information content (AvgIpc) is 3.26. The molecule has 8 nitrogen and oxygen atoms in total. The van der Waals surface area contributed by atoms with E-state index in [9.17, 15) is 13.2 Å². The molecule has 2 heterocycles. The van der Waals surface area contributed by atoms with Crippen LogP contribution in [0, 0.1) is 0 Å². The van der Waals surface area contributed by atoms with Crippen LogP contribution >= 0.6 is 11.3 Å². The van der Waals surface area contributed by atoms with Crippen LogP contribution in [0.2, 0.25) is 0 Å². The molecule has 2 aromatic carbocycles. The number of rotatable bonds is 7. The molecule has 0 radical (unpaired) electrons. The monoisotopic (exact) mass is 499 g/mol. The number of fused-ring (bicyclic) bond motifs is 1. The fraction of sp³-hybridized carbons (Fsp3) is 0.333. The Kier molecular flexibility index (Phi) is 5.62. The minimum atomic E-state index is -3.26. The molecule has 1 aromatic heterocycles. The normalized spacial score (nSPS) is 16.9. The highest BCUT2D eigenvalue weighted by atomic mass is 32.2. The predicted molar refractivity (Wildman–Crippen MR) is 129 cm³/mol. The molecule has 1 aliphatic carbocycles. The van der Waals surface area contributed by atoms with Crippen molar-refractivity contribution in [3.8, 4) is 11.5 Å². The van der Waals surface area contributed by atoms with E-state index in [1.54, 1.807) is 18.3 Å². The Balaban J connectivity index is 1.35. The summed E-state index contributed by atoms with van der Waals surface area (Å²) in [5.41, 5.74) is 1.29. The molecule has 1 unspecified atom stereocenters. The quantitative estimate of drug-likeness (QED) is 0.530. The molecule has 0 spiro atoms. The Bertz CT molecular complexity index is 1350. The summed E-state index contributed by atoms with van der Waals surface area (Å²) in [6.45, 7) is 0.198. The number of ether oxygens (including phenoxy) is 2. The number of benzene rings is 2. The molecule has 34 heavy (non-hydrogen) atoms. The zero-order valence-corrected chi connectivity index (χ0v) is 20.7. The van der Waals surface area contributed by atoms with E-state index in [0.29, 0.717) is 16.6 Å². The van der Waals surface area contributed by atoms with Gasteiger partial charge in [-0.25, -0.2) is 13.4 Å². The van der Waals surface area contributed by atoms with Gasteiger partial charge in [0.25, 0.3) is 0 Å². The summed E-state index contributed by atoms with van der Waals surface area (Å²) < 4.78 is 34.5. The molecule has 1 amide bonds. The third-order valence-corrected chi connectivity index (χ3v) is 8.36. The second-order valence-corrected chi connectivity index (χ2v) is 12.0. The van der Waals surface area contributed by atoms with Crippen molar-refractivity contribution in [3.05, 3.63) is 64.7 Å². The van der Waals surface area contributed by atoms with Crippen molar-refractivity contribution in [1.29, 1.82) is 0 Å². The van der Waals surface area contributed by atoms with Crippen LogP contribution in [0.4, 0.5) is 5.13 Å². The summed E-state index contributed by atoms with van der Waals surface area (Å²) in [4.78, 5) is 20.9. The fourth-order valence-electron chi connectivity index (χ4n) is 4.27. The van der Waals surface area contributed by atoms with E-state index in [-0.39, 0.29) is 23.6 Å². The van der Waals surface area contributed by atoms with Gasteiger partial charge in [0.2, 0.25) is 12.7 Å². The second kappa shape index (κ2) is 8.37. The van der Waals surface area contributed by atoms with Crippen molar-refractivity contribution in [1.82, 2.24) is 9.88 Å². The molecule has 1 saturated carbocycles. The van der Waals surface area contributed by atoms with Crippen LogP contribution < -0.4 is 14.8 Å². The molecule has 5 rings (SSSR count). The van der Waals surface area contributed by atoms with Gasteiger partial charge in [-0.1, -0.05) is 29.5 Å². The standard InChI is InChI=1S/C24H25N3O5S2/c1-27(2)21(15-4-7-17(8-5-15)34(3,29)30)20-13-25-23(33-20)26-22(28)24(10-11-24)16-6-9-18-19(12-16)32-14-31-18/h4-9,12-13,21H,10-11,14H2,1-3H3,(H,25,26,28). The molecule has 1 atom stereocenters. The predicted octanol–water partition coefficient (Wildman–Crippen LogP) is 3.60. The van der Waals surface area contributed by atoms with Gasteiger partial charge in [0.05, 0.1) is 16.4 Å². The number of aromatic nitrogens is 1. The Labute approximate surface area is 202 Å². The van der Waals surface area contributed by atoms with Gasteiger partial charge in [0.1, 0.15) is 0 Å². The van der Waals surface area contributed by atoms with E-state index in [4.69, 9.17) is 9.47 Å². The van der Waals surface area contributed by atoms with Crippen LogP contribution in [0.1, 0.15) is 34.9 Å². The molecule has 2 aliphatic rings. The van der Waals surface area contributed by atoms with Crippen LogP contribution in [-0.2, 0) is 20.0 Å². The number of hydrogen-bond donors (Lipinski definition) is 1. The molecular formula is C24H25N3O5S2. The van der Waals surface area contributed by atoms with Gasteiger partial charge in [-0.3, -0.25) is 9.69 Å². The Morgan fingerprint density at radius 2 is 1.82 bits per heavy atom. The van der Waals surface area contributed by atoms with Crippen LogP contribution in [0.25, 0.3) is 0 Å². The van der Waals surface area contributed by atoms with E-state index in [1.807, 2.05) is 49.3 Å². The number of hydrogen-bond acceptors (Lipinski definition) is 8. The van der Waals surface area contributed by atoms with Crippen molar-refractivity contribution < 1.29 is 22.7 Å². The number of nitrogens with zero attached hydrogens (tertiary/aromatic N) is 2. The first-order chi connectivity index (χ1) is 16.2. The van der Waals surface area contributed by atoms with Crippen LogP contribution in [0.5, 0.6) is 11.5 Å². The lowest BCUT2D eigenvalue weighted by Gasteiger charge is -2.23. The summed E-state index contributed by atoms with van der Waals surface area (Å²) in [5.74, 6) is 1.29. The van der Waals surface area contributed by atoms with E-state index in [2.05, 4.69) is 10.3 Å². The topological polar surface area (TPSA) is 97.8 Å². The van der Waals surface area contributed by atoms with Crippen molar-refractivity contribution in [3.63, 3.8) is 0 Å². The SMILES string of the molecule is CN(C)C(c1ccc(S(C)(=O)=O)cc1)c1cnc(NC(=O)C2(c3ccc4c(c3)OCO4)CC2)s1. The Morgan fingerprint density at radius 3 is 2.47 bits per heavy atom. The van der Waals surface area contributed by atoms with Crippen LogP contribution in [0.3, 0.4) is 0 Å². The highest BCUT2D eigenvalue weighted by molar-refractivity contribution is 7.90. The van der Waals surface area contributed by atoms with Gasteiger partial charge in [0.15, 0.2) is 26.5 Å². The van der Waals surface area contributed by atoms with Crippen molar-refractivity contribution in [2.75, 3.05) is 32.5 Å². The lowest BCUT2D eigenvalue weighted by molar-refractivity contribution is -0.118. The second-order valence-electron chi connectivity index (χ2n) is 8.88. The summed E-state index contributed by atoms with van der Waals surface area (Å²) in [5, 5.41) is 3.54. The lowest BCUT2D eigenvalue weighted by Crippen LogP contribution is -2.27. The van der Waals surface area contributed by atoms with Crippen LogP contribution in [0.15, 0.2) is 53.6 Å². The Hall–Kier alpha value is -2.95. The van der Waals surface area contributed by atoms with Gasteiger partial charge in [-0.15, -0.1) is 0 Å². The first kappa shape index (κ1) is 22.8. The smallest absolute Gasteiger partial charge is 0.236 e. The van der Waals surface area contributed by atoms with Crippen molar-refractivity contribution in [2.45, 2.75) is 29.2 Å². The molecule has 178 valence electrons. The molecular weight excluding hydrogens is 474 g/mol. The minimum absolute atomic E-state index is 0.0776. The zero-order chi connectivity index (χ0) is 24.1. The summed E-state index contributed by atoms with van der Waals surface area (Å²) in [6, 6.07) is 12.4. The summed E-state index contributed by atoms with van der Waals surface area (Å²) >= 11 is 1.41. The van der Waals surface area contributed by atoms with Gasteiger partial charge in [-0.05, 0) is 62.3 Å². The molecule has 0 saturated heterocycles. The molecule has 1 fully saturated rings. The largest absolute Gasteiger partial charge is 0.454 e. The average molecular weight is 500 g/mol. The number of carbonyl (C=O) groups is 1. The number of anilines is 1. The van der Waals surface area contributed by atoms with Gasteiger partial charge >= 0.3 is 0 Å². The third kappa shape index (κ3) is 4.17. The highest BCUT2D eigenvalue weighted by Crippen LogP contribution is 2.51. The number of nitrogens with one attached hydrogen (secondary N) is 1. The maximum Gasteiger partial charge on any atom is 0.236 e. The van der Waals surface area contributed by atoms with Crippen molar-refractivity contribution in [2.24, 2.45) is 0 Å². The number of thiazole rings is 1. The first-order valence-corrected chi connectivity index (χ1v) is 13.5. The Morgan fingerprint density at radius 1 is 1.12 bits per heavy atom. The first-order valence-electron chi connectivity index (χ1n) is 10.8. The van der Waals surface area contributed by atoms with Gasteiger partial charge < -0.3 is 14.8 Å². The molecule has 1 N–H and O–H groups in total. The highest BCUT2D eigenvalue weighted by Gasteiger charge is 2.52. The van der Waals surface area contributed by atoms with E-state index < -0.39 is 15.3 Å². The maximum atomic E-state index is 13.2. The summed E-state index contributed by atoms with van der Waals surface area (Å²) in [6.07, 6.45) is 4.49. The molecule has 3 aromatic rings. The van der Waals surface area contributed by atoms with Gasteiger partial charge in [-0.2, -0.15) is 0 Å². The maximum absolute atomic E-state index is 13.2.